The van der Waals surface area contributed by atoms with E-state index in [1.54, 1.807) is 0 Å². The van der Waals surface area contributed by atoms with Crippen LogP contribution in [0.15, 0.2) is 158 Å². The fourth-order valence-corrected chi connectivity index (χ4v) is 4.06. The Morgan fingerprint density at radius 2 is 0.488 bits per heavy atom. The Kier molecular flexibility index (Phi) is 7.77. The molecule has 0 bridgehead atoms. The SMILES string of the molecule is c1ccc(Oc2ccccc2Oc2cccc(Oc3cccc(Oc4ccccc4Oc4ccccc4)c3)c2)cc1. The van der Waals surface area contributed by atoms with E-state index in [0.29, 0.717) is 46.0 Å². The van der Waals surface area contributed by atoms with Crippen LogP contribution in [0.4, 0.5) is 0 Å². The van der Waals surface area contributed by atoms with Crippen LogP contribution in [-0.2, 0) is 0 Å². The maximum Gasteiger partial charge on any atom is 0.169 e. The van der Waals surface area contributed by atoms with Crippen molar-refractivity contribution in [2.45, 2.75) is 0 Å². The molecule has 5 heteroatoms. The lowest BCUT2D eigenvalue weighted by Gasteiger charge is -2.14. The van der Waals surface area contributed by atoms with Crippen molar-refractivity contribution < 1.29 is 23.7 Å². The lowest BCUT2D eigenvalue weighted by molar-refractivity contribution is 0.412. The second-order valence-corrected chi connectivity index (χ2v) is 8.98. The molecule has 200 valence electrons. The quantitative estimate of drug-likeness (QED) is 0.174. The molecule has 41 heavy (non-hydrogen) atoms. The zero-order valence-corrected chi connectivity index (χ0v) is 22.1. The smallest absolute Gasteiger partial charge is 0.169 e. The van der Waals surface area contributed by atoms with Gasteiger partial charge in [-0.2, -0.15) is 0 Å². The summed E-state index contributed by atoms with van der Waals surface area (Å²) in [6.45, 7) is 0. The molecule has 6 aromatic carbocycles. The molecule has 0 aliphatic rings. The first-order valence-corrected chi connectivity index (χ1v) is 13.2. The topological polar surface area (TPSA) is 46.2 Å². The Morgan fingerprint density at radius 3 is 0.854 bits per heavy atom. The van der Waals surface area contributed by atoms with Gasteiger partial charge in [-0.1, -0.05) is 72.8 Å². The first-order valence-electron chi connectivity index (χ1n) is 13.2. The normalized spacial score (nSPS) is 10.4. The molecule has 0 saturated carbocycles. The van der Waals surface area contributed by atoms with Crippen LogP contribution in [0.3, 0.4) is 0 Å². The van der Waals surface area contributed by atoms with E-state index in [4.69, 9.17) is 23.7 Å². The molecule has 0 atom stereocenters. The van der Waals surface area contributed by atoms with Crippen LogP contribution in [0, 0.1) is 0 Å². The van der Waals surface area contributed by atoms with Crippen LogP contribution in [-0.4, -0.2) is 0 Å². The van der Waals surface area contributed by atoms with Gasteiger partial charge in [0.25, 0.3) is 0 Å². The van der Waals surface area contributed by atoms with E-state index in [-0.39, 0.29) is 0 Å². The summed E-state index contributed by atoms with van der Waals surface area (Å²) in [5, 5.41) is 0. The third-order valence-corrected chi connectivity index (χ3v) is 5.94. The number of hydrogen-bond donors (Lipinski definition) is 0. The summed E-state index contributed by atoms with van der Waals surface area (Å²) >= 11 is 0. The molecule has 0 spiro atoms. The number of para-hydroxylation sites is 6. The molecule has 5 nitrogen and oxygen atoms in total. The third-order valence-electron chi connectivity index (χ3n) is 5.94. The molecule has 0 amide bonds. The minimum Gasteiger partial charge on any atom is -0.457 e. The van der Waals surface area contributed by atoms with Crippen molar-refractivity contribution in [3.05, 3.63) is 158 Å². The van der Waals surface area contributed by atoms with Gasteiger partial charge in [-0.15, -0.1) is 0 Å². The molecule has 0 radical (unpaired) electrons. The Morgan fingerprint density at radius 1 is 0.220 bits per heavy atom. The molecule has 0 N–H and O–H groups in total. The lowest BCUT2D eigenvalue weighted by atomic mass is 10.3. The maximum absolute atomic E-state index is 6.18. The fourth-order valence-electron chi connectivity index (χ4n) is 4.06. The van der Waals surface area contributed by atoms with Crippen molar-refractivity contribution >= 4 is 0 Å². The average molecular weight is 539 g/mol. The van der Waals surface area contributed by atoms with Crippen molar-refractivity contribution in [3.63, 3.8) is 0 Å². The van der Waals surface area contributed by atoms with Gasteiger partial charge < -0.3 is 23.7 Å². The molecule has 0 saturated heterocycles. The van der Waals surface area contributed by atoms with Crippen LogP contribution in [0.2, 0.25) is 0 Å². The Bertz CT molecular complexity index is 1590. The molecule has 0 fully saturated rings. The third kappa shape index (κ3) is 6.85. The van der Waals surface area contributed by atoms with E-state index in [1.165, 1.54) is 0 Å². The Balaban J connectivity index is 1.15. The van der Waals surface area contributed by atoms with E-state index in [1.807, 2.05) is 158 Å². The summed E-state index contributed by atoms with van der Waals surface area (Å²) in [4.78, 5) is 0. The van der Waals surface area contributed by atoms with Crippen molar-refractivity contribution in [1.29, 1.82) is 0 Å². The van der Waals surface area contributed by atoms with Gasteiger partial charge in [-0.05, 0) is 72.8 Å². The maximum atomic E-state index is 6.18. The fraction of sp³-hybridized carbons (Fsp3) is 0. The predicted octanol–water partition coefficient (Wildman–Crippen LogP) is 10.6. The summed E-state index contributed by atoms with van der Waals surface area (Å²) in [5.41, 5.74) is 0. The van der Waals surface area contributed by atoms with Crippen LogP contribution in [0.25, 0.3) is 0 Å². The molecule has 6 aromatic rings. The standard InChI is InChI=1S/C36H26O5/c1-3-13-27(14-4-1)38-33-21-7-9-23-35(33)40-31-19-11-17-29(25-31)37-30-18-12-20-32(26-30)41-36-24-10-8-22-34(36)39-28-15-5-2-6-16-28/h1-26H. The van der Waals surface area contributed by atoms with E-state index in [2.05, 4.69) is 0 Å². The van der Waals surface area contributed by atoms with Gasteiger partial charge in [-0.25, -0.2) is 0 Å². The van der Waals surface area contributed by atoms with Crippen molar-refractivity contribution in [2.75, 3.05) is 0 Å². The highest BCUT2D eigenvalue weighted by molar-refractivity contribution is 5.48. The molecule has 0 heterocycles. The van der Waals surface area contributed by atoms with E-state index < -0.39 is 0 Å². The number of rotatable bonds is 10. The van der Waals surface area contributed by atoms with E-state index in [0.717, 1.165) is 11.5 Å². The molecule has 0 unspecified atom stereocenters. The first-order chi connectivity index (χ1) is 20.3. The zero-order chi connectivity index (χ0) is 27.7. The lowest BCUT2D eigenvalue weighted by Crippen LogP contribution is -1.92. The van der Waals surface area contributed by atoms with E-state index in [9.17, 15) is 0 Å². The van der Waals surface area contributed by atoms with Gasteiger partial charge in [0, 0.05) is 12.1 Å². The number of ether oxygens (including phenoxy) is 5. The van der Waals surface area contributed by atoms with Crippen LogP contribution in [0.1, 0.15) is 0 Å². The highest BCUT2D eigenvalue weighted by Gasteiger charge is 2.10. The zero-order valence-electron chi connectivity index (χ0n) is 22.1. The Hall–Kier alpha value is -5.68. The van der Waals surface area contributed by atoms with Gasteiger partial charge in [0.1, 0.15) is 34.5 Å². The largest absolute Gasteiger partial charge is 0.457 e. The summed E-state index contributed by atoms with van der Waals surface area (Å²) in [5.74, 6) is 6.37. The minimum atomic E-state index is 0.597. The van der Waals surface area contributed by atoms with Crippen LogP contribution < -0.4 is 23.7 Å². The minimum absolute atomic E-state index is 0.597. The number of benzene rings is 6. The summed E-state index contributed by atoms with van der Waals surface area (Å²) < 4.78 is 30.6. The number of hydrogen-bond acceptors (Lipinski definition) is 5. The predicted molar refractivity (Wildman–Crippen MR) is 159 cm³/mol. The second-order valence-electron chi connectivity index (χ2n) is 8.98. The summed E-state index contributed by atoms with van der Waals surface area (Å²) in [6.07, 6.45) is 0. The first kappa shape index (κ1) is 25.6. The van der Waals surface area contributed by atoms with Gasteiger partial charge in [0.05, 0.1) is 0 Å². The van der Waals surface area contributed by atoms with Gasteiger partial charge in [0.2, 0.25) is 0 Å². The van der Waals surface area contributed by atoms with Crippen LogP contribution in [0.5, 0.6) is 57.5 Å². The summed E-state index contributed by atoms with van der Waals surface area (Å²) in [7, 11) is 0. The highest BCUT2D eigenvalue weighted by atomic mass is 16.5. The molecule has 0 aliphatic carbocycles. The second kappa shape index (κ2) is 12.5. The van der Waals surface area contributed by atoms with E-state index >= 15 is 0 Å². The van der Waals surface area contributed by atoms with Crippen molar-refractivity contribution in [2.24, 2.45) is 0 Å². The highest BCUT2D eigenvalue weighted by Crippen LogP contribution is 2.38. The van der Waals surface area contributed by atoms with Gasteiger partial charge in [-0.3, -0.25) is 0 Å². The summed E-state index contributed by atoms with van der Waals surface area (Å²) in [6, 6.07) is 49.2. The molecule has 0 aromatic heterocycles. The van der Waals surface area contributed by atoms with Crippen LogP contribution >= 0.6 is 0 Å². The average Bonchev–Trinajstić information content (AvgIpc) is 3.01. The van der Waals surface area contributed by atoms with Gasteiger partial charge in [0.15, 0.2) is 23.0 Å². The molecule has 6 rings (SSSR count). The molecule has 0 aliphatic heterocycles. The Labute approximate surface area is 238 Å². The van der Waals surface area contributed by atoms with Crippen molar-refractivity contribution in [1.82, 2.24) is 0 Å². The van der Waals surface area contributed by atoms with Gasteiger partial charge >= 0.3 is 0 Å². The van der Waals surface area contributed by atoms with Crippen molar-refractivity contribution in [3.8, 4) is 57.5 Å². The monoisotopic (exact) mass is 538 g/mol. The molecular formula is C36H26O5. The molecular weight excluding hydrogens is 512 g/mol.